The van der Waals surface area contributed by atoms with Crippen LogP contribution in [-0.2, 0) is 14.3 Å². The van der Waals surface area contributed by atoms with Crippen molar-refractivity contribution < 1.29 is 34.0 Å². The number of likely N-dealkylation sites (tertiary alicyclic amines) is 1. The summed E-state index contributed by atoms with van der Waals surface area (Å²) in [5, 5.41) is 21.5. The summed E-state index contributed by atoms with van der Waals surface area (Å²) in [4.78, 5) is 27.4. The second-order valence-electron chi connectivity index (χ2n) is 7.96. The lowest BCUT2D eigenvalue weighted by Gasteiger charge is -2.25. The number of ketones is 1. The Morgan fingerprint density at radius 1 is 1.12 bits per heavy atom. The van der Waals surface area contributed by atoms with Gasteiger partial charge in [0.05, 0.1) is 24.8 Å². The monoisotopic (exact) mass is 455 g/mol. The second kappa shape index (κ2) is 10.4. The van der Waals surface area contributed by atoms with Crippen LogP contribution in [0.3, 0.4) is 0 Å². The van der Waals surface area contributed by atoms with E-state index in [1.807, 2.05) is 13.8 Å². The van der Waals surface area contributed by atoms with Crippen molar-refractivity contribution in [3.8, 4) is 17.2 Å². The van der Waals surface area contributed by atoms with E-state index in [4.69, 9.17) is 14.2 Å². The number of Topliss-reactive ketones (excluding diaryl/α,β-unsaturated/α-hetero) is 1. The van der Waals surface area contributed by atoms with Gasteiger partial charge in [-0.25, -0.2) is 0 Å². The number of aliphatic hydroxyl groups is 1. The number of aromatic hydroxyl groups is 1. The minimum atomic E-state index is -0.881. The lowest BCUT2D eigenvalue weighted by atomic mass is 9.95. The number of methoxy groups -OCH3 is 2. The third-order valence-electron chi connectivity index (χ3n) is 5.29. The zero-order chi connectivity index (χ0) is 24.1. The van der Waals surface area contributed by atoms with E-state index in [0.29, 0.717) is 29.9 Å². The van der Waals surface area contributed by atoms with E-state index in [1.54, 1.807) is 43.5 Å². The van der Waals surface area contributed by atoms with E-state index in [0.717, 1.165) is 0 Å². The molecule has 176 valence electrons. The number of phenolic OH excluding ortho intramolecular Hbond substituents is 1. The van der Waals surface area contributed by atoms with E-state index in [-0.39, 0.29) is 35.5 Å². The predicted molar refractivity (Wildman–Crippen MR) is 122 cm³/mol. The molecule has 1 aliphatic rings. The van der Waals surface area contributed by atoms with Crippen LogP contribution in [0.15, 0.2) is 48.0 Å². The van der Waals surface area contributed by atoms with Crippen molar-refractivity contribution in [1.82, 2.24) is 4.90 Å². The summed E-state index contributed by atoms with van der Waals surface area (Å²) in [6.07, 6.45) is 0.427. The summed E-state index contributed by atoms with van der Waals surface area (Å²) in [6, 6.07) is 10.5. The number of carbonyl (C=O) groups is 2. The first-order chi connectivity index (χ1) is 15.8. The first-order valence-electron chi connectivity index (χ1n) is 10.7. The number of phenols is 1. The minimum absolute atomic E-state index is 0.0521. The van der Waals surface area contributed by atoms with Gasteiger partial charge >= 0.3 is 0 Å². The average Bonchev–Trinajstić information content (AvgIpc) is 3.03. The predicted octanol–water partition coefficient (Wildman–Crippen LogP) is 3.65. The van der Waals surface area contributed by atoms with E-state index in [2.05, 4.69) is 0 Å². The van der Waals surface area contributed by atoms with Gasteiger partial charge in [0, 0.05) is 25.8 Å². The van der Waals surface area contributed by atoms with Crippen LogP contribution in [0.4, 0.5) is 0 Å². The fourth-order valence-electron chi connectivity index (χ4n) is 3.86. The Labute approximate surface area is 193 Å². The number of benzene rings is 2. The molecular weight excluding hydrogens is 426 g/mol. The number of nitrogens with zero attached hydrogens (tertiary/aromatic N) is 1. The molecule has 1 fully saturated rings. The standard InChI is InChI=1S/C25H29NO7/c1-15(2)33-18-8-5-7-17(13-18)23(28)21-22(16-9-10-20(32-4)19(27)14-16)26(11-6-12-31-3)25(30)24(21)29/h5,7-10,13-15,22,27-28H,6,11-12H2,1-4H3/b23-21-. The van der Waals surface area contributed by atoms with E-state index >= 15 is 0 Å². The summed E-state index contributed by atoms with van der Waals surface area (Å²) < 4.78 is 15.9. The molecule has 1 heterocycles. The molecule has 0 aromatic heterocycles. The molecule has 0 radical (unpaired) electrons. The van der Waals surface area contributed by atoms with Gasteiger partial charge in [-0.05, 0) is 50.1 Å². The van der Waals surface area contributed by atoms with E-state index < -0.39 is 17.7 Å². The van der Waals surface area contributed by atoms with E-state index in [9.17, 15) is 19.8 Å². The van der Waals surface area contributed by atoms with Gasteiger partial charge in [-0.1, -0.05) is 18.2 Å². The molecule has 2 aromatic carbocycles. The summed E-state index contributed by atoms with van der Waals surface area (Å²) in [6.45, 7) is 4.41. The lowest BCUT2D eigenvalue weighted by molar-refractivity contribution is -0.140. The highest BCUT2D eigenvalue weighted by Gasteiger charge is 2.46. The summed E-state index contributed by atoms with van der Waals surface area (Å²) >= 11 is 0. The number of hydrogen-bond acceptors (Lipinski definition) is 7. The van der Waals surface area contributed by atoms with Crippen molar-refractivity contribution in [1.29, 1.82) is 0 Å². The molecule has 0 bridgehead atoms. The van der Waals surface area contributed by atoms with Gasteiger partial charge < -0.3 is 29.3 Å². The highest BCUT2D eigenvalue weighted by Crippen LogP contribution is 2.42. The maximum Gasteiger partial charge on any atom is 0.295 e. The third kappa shape index (κ3) is 5.12. The molecule has 0 saturated carbocycles. The number of aliphatic hydroxyl groups excluding tert-OH is 1. The van der Waals surface area contributed by atoms with Crippen LogP contribution in [0, 0.1) is 0 Å². The molecular formula is C25H29NO7. The molecule has 1 atom stereocenters. The van der Waals surface area contributed by atoms with Gasteiger partial charge in [0.1, 0.15) is 11.5 Å². The Morgan fingerprint density at radius 3 is 2.52 bits per heavy atom. The molecule has 33 heavy (non-hydrogen) atoms. The Morgan fingerprint density at radius 2 is 1.88 bits per heavy atom. The van der Waals surface area contributed by atoms with Crippen LogP contribution in [0.1, 0.15) is 37.4 Å². The summed E-state index contributed by atoms with van der Waals surface area (Å²) in [5.74, 6) is -1.17. The largest absolute Gasteiger partial charge is 0.507 e. The van der Waals surface area contributed by atoms with Gasteiger partial charge in [0.15, 0.2) is 11.5 Å². The number of amides is 1. The van der Waals surface area contributed by atoms with Gasteiger partial charge in [-0.2, -0.15) is 0 Å². The van der Waals surface area contributed by atoms with Gasteiger partial charge in [-0.3, -0.25) is 9.59 Å². The molecule has 3 rings (SSSR count). The SMILES string of the molecule is COCCCN1C(=O)C(=O)/C(=C(\O)c2cccc(OC(C)C)c2)C1c1ccc(OC)c(O)c1. The highest BCUT2D eigenvalue weighted by molar-refractivity contribution is 6.46. The maximum atomic E-state index is 13.1. The third-order valence-corrected chi connectivity index (χ3v) is 5.29. The minimum Gasteiger partial charge on any atom is -0.507 e. The Balaban J connectivity index is 2.13. The van der Waals surface area contributed by atoms with Crippen LogP contribution in [-0.4, -0.2) is 60.3 Å². The van der Waals surface area contributed by atoms with Crippen LogP contribution in [0.5, 0.6) is 17.2 Å². The van der Waals surface area contributed by atoms with Crippen LogP contribution >= 0.6 is 0 Å². The van der Waals surface area contributed by atoms with Crippen molar-refractivity contribution in [2.45, 2.75) is 32.4 Å². The topological polar surface area (TPSA) is 106 Å². The quantitative estimate of drug-likeness (QED) is 0.257. The molecule has 8 nitrogen and oxygen atoms in total. The first-order valence-corrected chi connectivity index (χ1v) is 10.7. The molecule has 1 saturated heterocycles. The Bertz CT molecular complexity index is 1060. The molecule has 0 spiro atoms. The molecule has 2 aromatic rings. The lowest BCUT2D eigenvalue weighted by Crippen LogP contribution is -2.31. The number of rotatable bonds is 9. The number of hydrogen-bond donors (Lipinski definition) is 2. The molecule has 2 N–H and O–H groups in total. The van der Waals surface area contributed by atoms with Crippen molar-refractivity contribution in [3.63, 3.8) is 0 Å². The summed E-state index contributed by atoms with van der Waals surface area (Å²) in [7, 11) is 2.98. The number of carbonyl (C=O) groups excluding carboxylic acids is 2. The van der Waals surface area contributed by atoms with E-state index in [1.165, 1.54) is 18.1 Å². The van der Waals surface area contributed by atoms with Crippen LogP contribution in [0.2, 0.25) is 0 Å². The normalized spacial score (nSPS) is 17.6. The van der Waals surface area contributed by atoms with Crippen LogP contribution < -0.4 is 9.47 Å². The summed E-state index contributed by atoms with van der Waals surface area (Å²) in [5.41, 5.74) is 0.774. The number of ether oxygens (including phenoxy) is 3. The average molecular weight is 456 g/mol. The fraction of sp³-hybridized carbons (Fsp3) is 0.360. The highest BCUT2D eigenvalue weighted by atomic mass is 16.5. The van der Waals surface area contributed by atoms with Crippen molar-refractivity contribution in [2.24, 2.45) is 0 Å². The molecule has 0 aliphatic carbocycles. The van der Waals surface area contributed by atoms with Crippen molar-refractivity contribution >= 4 is 17.4 Å². The zero-order valence-electron chi connectivity index (χ0n) is 19.2. The molecule has 1 unspecified atom stereocenters. The zero-order valence-corrected chi connectivity index (χ0v) is 19.2. The van der Waals surface area contributed by atoms with Crippen molar-refractivity contribution in [2.75, 3.05) is 27.4 Å². The molecule has 8 heteroatoms. The first kappa shape index (κ1) is 24.1. The van der Waals surface area contributed by atoms with Gasteiger partial charge in [0.2, 0.25) is 0 Å². The van der Waals surface area contributed by atoms with Gasteiger partial charge in [0.25, 0.3) is 11.7 Å². The van der Waals surface area contributed by atoms with Crippen LogP contribution in [0.25, 0.3) is 5.76 Å². The Kier molecular flexibility index (Phi) is 7.60. The van der Waals surface area contributed by atoms with Crippen molar-refractivity contribution in [3.05, 3.63) is 59.2 Å². The van der Waals surface area contributed by atoms with Gasteiger partial charge in [-0.15, -0.1) is 0 Å². The maximum absolute atomic E-state index is 13.1. The second-order valence-corrected chi connectivity index (χ2v) is 7.96. The fourth-order valence-corrected chi connectivity index (χ4v) is 3.86. The Hall–Kier alpha value is -3.52. The smallest absolute Gasteiger partial charge is 0.295 e. The molecule has 1 amide bonds. The molecule has 1 aliphatic heterocycles.